The summed E-state index contributed by atoms with van der Waals surface area (Å²) in [5, 5.41) is 20.1. The molecule has 12 nitrogen and oxygen atoms in total. The summed E-state index contributed by atoms with van der Waals surface area (Å²) in [4.78, 5) is 31.4. The molecular weight excluding hydrogens is 624 g/mol. The highest BCUT2D eigenvalue weighted by Gasteiger charge is 2.49. The highest BCUT2D eigenvalue weighted by molar-refractivity contribution is 6.77. The average Bonchev–Trinajstić information content (AvgIpc) is 3.47. The van der Waals surface area contributed by atoms with Gasteiger partial charge in [-0.15, -0.1) is 0 Å². The van der Waals surface area contributed by atoms with Crippen LogP contribution >= 0.6 is 11.6 Å². The third-order valence-electron chi connectivity index (χ3n) is 7.92. The third-order valence-corrected chi connectivity index (χ3v) is 14.5. The summed E-state index contributed by atoms with van der Waals surface area (Å²) in [5.74, 6) is -1.16. The van der Waals surface area contributed by atoms with Crippen LogP contribution in [-0.2, 0) is 14.0 Å². The number of benzene rings is 1. The second kappa shape index (κ2) is 14.2. The molecule has 46 heavy (non-hydrogen) atoms. The van der Waals surface area contributed by atoms with E-state index < -0.39 is 26.1 Å². The monoisotopic (exact) mass is 664 g/mol. The Labute approximate surface area is 275 Å². The van der Waals surface area contributed by atoms with Gasteiger partial charge in [0.1, 0.15) is 5.39 Å². The van der Waals surface area contributed by atoms with E-state index in [0.29, 0.717) is 38.9 Å². The molecule has 0 unspecified atom stereocenters. The number of nitrogens with one attached hydrogen (secondary N) is 2. The fraction of sp³-hybridized carbons (Fsp3) is 0.469. The summed E-state index contributed by atoms with van der Waals surface area (Å²) >= 11 is 6.49. The molecular formula is C32H41ClN8O4Si. The Morgan fingerprint density at radius 2 is 1.76 bits per heavy atom. The molecule has 0 spiro atoms. The normalized spacial score (nSPS) is 13.0. The number of hydrogen-bond acceptors (Lipinski definition) is 10. The number of H-pyrrole nitrogens is 1. The smallest absolute Gasteiger partial charge is 0.269 e. The van der Waals surface area contributed by atoms with Crippen LogP contribution in [0.3, 0.4) is 0 Å². The van der Waals surface area contributed by atoms with E-state index in [2.05, 4.69) is 83.1 Å². The lowest BCUT2D eigenvalue weighted by Crippen LogP contribution is -2.54. The molecule has 0 saturated carbocycles. The summed E-state index contributed by atoms with van der Waals surface area (Å²) in [6.45, 7) is 18.5. The molecule has 1 aromatic carbocycles. The Bertz CT molecular complexity index is 1700. The summed E-state index contributed by atoms with van der Waals surface area (Å²) in [7, 11) is -2.35. The van der Waals surface area contributed by atoms with E-state index in [4.69, 9.17) is 25.5 Å². The third kappa shape index (κ3) is 7.53. The maximum Gasteiger partial charge on any atom is 0.269 e. The maximum absolute atomic E-state index is 13.8. The number of halogens is 1. The van der Waals surface area contributed by atoms with Crippen molar-refractivity contribution in [1.29, 1.82) is 5.26 Å². The van der Waals surface area contributed by atoms with Crippen LogP contribution in [0.25, 0.3) is 22.4 Å². The molecule has 1 atom stereocenters. The molecule has 0 aliphatic carbocycles. The van der Waals surface area contributed by atoms with Gasteiger partial charge in [-0.25, -0.2) is 9.97 Å². The van der Waals surface area contributed by atoms with Crippen molar-refractivity contribution >= 4 is 42.7 Å². The van der Waals surface area contributed by atoms with E-state index in [0.717, 1.165) is 0 Å². The Balaban J connectivity index is 1.72. The van der Waals surface area contributed by atoms with Crippen molar-refractivity contribution in [2.45, 2.75) is 90.8 Å². The molecule has 0 fully saturated rings. The zero-order chi connectivity index (χ0) is 33.8. The second-order valence-corrected chi connectivity index (χ2v) is 18.3. The number of carbonyl (C=O) groups excluding carboxylic acids is 1. The van der Waals surface area contributed by atoms with Gasteiger partial charge in [-0.2, -0.15) is 15.3 Å². The van der Waals surface area contributed by atoms with Gasteiger partial charge in [0.15, 0.2) is 23.1 Å². The number of nitrogens with zero attached hydrogens (tertiary/aromatic N) is 6. The van der Waals surface area contributed by atoms with Crippen molar-refractivity contribution in [2.24, 2.45) is 0 Å². The molecule has 0 saturated heterocycles. The van der Waals surface area contributed by atoms with Gasteiger partial charge >= 0.3 is 0 Å². The second-order valence-electron chi connectivity index (χ2n) is 12.5. The molecule has 3 heterocycles. The Hall–Kier alpha value is -3.96. The van der Waals surface area contributed by atoms with Gasteiger partial charge in [0.2, 0.25) is 20.3 Å². The first kappa shape index (κ1) is 34.9. The first-order chi connectivity index (χ1) is 21.7. The summed E-state index contributed by atoms with van der Waals surface area (Å²) in [6, 6.07) is 7.05. The lowest BCUT2D eigenvalue weighted by Gasteiger charge is -2.47. The molecule has 4 rings (SSSR count). The standard InChI is InChI=1S/C32H41ClN8O4Si/c1-18(2)46(19(3)4,20(5)6)45-32(8,9)43-17-25(30(42)38-26-16-35-21(7)14-36-26)44-31-23-15-37-41-28(23)39-29(40-31)27-22(13-34)11-10-12-24(27)33/h10-12,14-16,18-20,25H,17H2,1-9H3,(H,36,38,42)(H,37,39,40,41)/t25-/m1/s1. The minimum Gasteiger partial charge on any atom is -0.461 e. The number of hydrogen-bond donors (Lipinski definition) is 2. The number of aromatic nitrogens is 6. The van der Waals surface area contributed by atoms with Gasteiger partial charge in [0.05, 0.1) is 53.1 Å². The molecule has 244 valence electrons. The van der Waals surface area contributed by atoms with E-state index >= 15 is 0 Å². The zero-order valence-electron chi connectivity index (χ0n) is 27.7. The lowest BCUT2D eigenvalue weighted by atomic mass is 10.1. The fourth-order valence-corrected chi connectivity index (χ4v) is 11.8. The number of fused-ring (bicyclic) bond motifs is 1. The first-order valence-corrected chi connectivity index (χ1v) is 17.7. The van der Waals surface area contributed by atoms with Crippen LogP contribution in [0.15, 0.2) is 36.8 Å². The molecule has 0 radical (unpaired) electrons. The predicted octanol–water partition coefficient (Wildman–Crippen LogP) is 6.97. The molecule has 4 aromatic rings. The number of rotatable bonds is 13. The SMILES string of the molecule is Cc1cnc(NC(=O)[C@@H](COC(C)(C)O[Si](C(C)C)(C(C)C)C(C)C)Oc2nc(-c3c(Cl)cccc3C#N)nc3[nH]ncc23)cn1. The van der Waals surface area contributed by atoms with Crippen molar-refractivity contribution in [3.63, 3.8) is 0 Å². The van der Waals surface area contributed by atoms with E-state index in [1.807, 2.05) is 13.8 Å². The van der Waals surface area contributed by atoms with Gasteiger partial charge in [-0.1, -0.05) is 59.2 Å². The number of carbonyl (C=O) groups is 1. The van der Waals surface area contributed by atoms with Gasteiger partial charge in [0, 0.05) is 0 Å². The topological polar surface area (TPSA) is 161 Å². The molecule has 2 N–H and O–H groups in total. The van der Waals surface area contributed by atoms with Crippen molar-refractivity contribution in [1.82, 2.24) is 30.1 Å². The number of nitriles is 1. The Kier molecular flexibility index (Phi) is 10.8. The van der Waals surface area contributed by atoms with Crippen LogP contribution in [0.1, 0.15) is 66.6 Å². The molecule has 0 bridgehead atoms. The largest absolute Gasteiger partial charge is 0.461 e. The van der Waals surface area contributed by atoms with Gasteiger partial charge < -0.3 is 19.2 Å². The van der Waals surface area contributed by atoms with Crippen molar-refractivity contribution in [2.75, 3.05) is 11.9 Å². The summed E-state index contributed by atoms with van der Waals surface area (Å²) < 4.78 is 19.6. The molecule has 14 heteroatoms. The maximum atomic E-state index is 13.8. The number of ether oxygens (including phenoxy) is 2. The van der Waals surface area contributed by atoms with Crippen molar-refractivity contribution in [3.05, 3.63) is 53.1 Å². The van der Waals surface area contributed by atoms with Gasteiger partial charge in [0.25, 0.3) is 5.91 Å². The van der Waals surface area contributed by atoms with E-state index in [1.165, 1.54) is 12.4 Å². The fourth-order valence-electron chi connectivity index (χ4n) is 5.90. The van der Waals surface area contributed by atoms with Crippen LogP contribution in [0, 0.1) is 18.3 Å². The minimum atomic E-state index is -2.35. The molecule has 3 aromatic heterocycles. The van der Waals surface area contributed by atoms with Crippen LogP contribution < -0.4 is 10.1 Å². The molecule has 1 amide bonds. The summed E-state index contributed by atoms with van der Waals surface area (Å²) in [5.41, 5.74) is 2.60. The minimum absolute atomic E-state index is 0.0466. The van der Waals surface area contributed by atoms with E-state index in [9.17, 15) is 10.1 Å². The number of aryl methyl sites for hydroxylation is 1. The van der Waals surface area contributed by atoms with E-state index in [1.54, 1.807) is 31.3 Å². The van der Waals surface area contributed by atoms with Crippen molar-refractivity contribution in [3.8, 4) is 23.3 Å². The van der Waals surface area contributed by atoms with Crippen LogP contribution in [0.4, 0.5) is 5.82 Å². The Morgan fingerprint density at radius 3 is 2.37 bits per heavy atom. The Morgan fingerprint density at radius 1 is 1.07 bits per heavy atom. The van der Waals surface area contributed by atoms with Gasteiger partial charge in [-0.05, 0) is 49.5 Å². The van der Waals surface area contributed by atoms with Crippen LogP contribution in [0.2, 0.25) is 21.6 Å². The van der Waals surface area contributed by atoms with Gasteiger partial charge in [-0.3, -0.25) is 14.9 Å². The van der Waals surface area contributed by atoms with Crippen molar-refractivity contribution < 1.29 is 18.7 Å². The lowest BCUT2D eigenvalue weighted by molar-refractivity contribution is -0.180. The van der Waals surface area contributed by atoms with Crippen LogP contribution in [-0.4, -0.2) is 62.9 Å². The number of aromatic amines is 1. The first-order valence-electron chi connectivity index (χ1n) is 15.2. The predicted molar refractivity (Wildman–Crippen MR) is 179 cm³/mol. The molecule has 0 aliphatic rings. The average molecular weight is 665 g/mol. The van der Waals surface area contributed by atoms with Crippen LogP contribution in [0.5, 0.6) is 5.88 Å². The highest BCUT2D eigenvalue weighted by Crippen LogP contribution is 2.45. The van der Waals surface area contributed by atoms with E-state index in [-0.39, 0.29) is 34.7 Å². The molecule has 0 aliphatic heterocycles. The number of amides is 1. The zero-order valence-corrected chi connectivity index (χ0v) is 29.4. The quantitative estimate of drug-likeness (QED) is 0.113. The summed E-state index contributed by atoms with van der Waals surface area (Å²) in [6.07, 6.45) is 3.29. The highest BCUT2D eigenvalue weighted by atomic mass is 35.5. The number of anilines is 1.